The fraction of sp³-hybridized carbons (Fsp3) is 0.538. The van der Waals surface area contributed by atoms with Gasteiger partial charge in [0.1, 0.15) is 36.3 Å². The van der Waals surface area contributed by atoms with E-state index in [1.54, 1.807) is 52.0 Å². The molecule has 3 rings (SSSR count). The molecule has 1 saturated carbocycles. The molecule has 1 aliphatic rings. The molecule has 53 heavy (non-hydrogen) atoms. The summed E-state index contributed by atoms with van der Waals surface area (Å²) in [6, 6.07) is 12.8. The molecule has 2 aromatic rings. The number of methoxy groups -OCH3 is 1. The number of benzene rings is 2. The van der Waals surface area contributed by atoms with E-state index >= 15 is 0 Å². The number of hydrogen-bond acceptors (Lipinski definition) is 10. The van der Waals surface area contributed by atoms with Crippen molar-refractivity contribution < 1.29 is 43.0 Å². The Bertz CT molecular complexity index is 1520. The van der Waals surface area contributed by atoms with Gasteiger partial charge in [0.25, 0.3) is 0 Å². The second-order valence-electron chi connectivity index (χ2n) is 14.1. The van der Waals surface area contributed by atoms with E-state index in [4.69, 9.17) is 14.2 Å². The van der Waals surface area contributed by atoms with Crippen molar-refractivity contribution in [2.24, 2.45) is 5.92 Å². The summed E-state index contributed by atoms with van der Waals surface area (Å²) < 4.78 is 15.1. The van der Waals surface area contributed by atoms with Crippen LogP contribution in [0.3, 0.4) is 0 Å². The number of carbonyl (C=O) groups excluding carboxylic acids is 6. The second kappa shape index (κ2) is 20.8. The summed E-state index contributed by atoms with van der Waals surface area (Å²) in [5.41, 5.74) is 1.46. The Morgan fingerprint density at radius 1 is 0.774 bits per heavy atom. The van der Waals surface area contributed by atoms with Crippen LogP contribution >= 0.6 is 0 Å². The summed E-state index contributed by atoms with van der Waals surface area (Å²) >= 11 is 0. The molecule has 290 valence electrons. The Labute approximate surface area is 311 Å². The van der Waals surface area contributed by atoms with Crippen LogP contribution in [0.2, 0.25) is 0 Å². The van der Waals surface area contributed by atoms with Crippen LogP contribution in [-0.4, -0.2) is 85.8 Å². The van der Waals surface area contributed by atoms with Crippen molar-refractivity contribution in [3.63, 3.8) is 0 Å². The predicted molar refractivity (Wildman–Crippen MR) is 199 cm³/mol. The van der Waals surface area contributed by atoms with Crippen molar-refractivity contribution in [3.05, 3.63) is 65.7 Å². The molecule has 0 saturated heterocycles. The molecular weight excluding hydrogens is 682 g/mol. The van der Waals surface area contributed by atoms with E-state index in [1.807, 2.05) is 30.3 Å². The molecule has 0 aromatic heterocycles. The number of ether oxygens (including phenoxy) is 3. The third-order valence-corrected chi connectivity index (χ3v) is 8.68. The lowest BCUT2D eigenvalue weighted by Gasteiger charge is -2.32. The molecule has 5 N–H and O–H groups in total. The van der Waals surface area contributed by atoms with Gasteiger partial charge in [0.15, 0.2) is 0 Å². The van der Waals surface area contributed by atoms with Gasteiger partial charge in [-0.3, -0.25) is 19.2 Å². The normalized spacial score (nSPS) is 15.4. The van der Waals surface area contributed by atoms with E-state index in [1.165, 1.54) is 14.0 Å². The summed E-state index contributed by atoms with van der Waals surface area (Å²) in [5, 5.41) is 14.0. The van der Waals surface area contributed by atoms with Gasteiger partial charge in [0.2, 0.25) is 17.7 Å². The number of nitrogens with one attached hydrogen (secondary N) is 5. The Morgan fingerprint density at radius 2 is 1.38 bits per heavy atom. The first-order valence-corrected chi connectivity index (χ1v) is 18.2. The van der Waals surface area contributed by atoms with Crippen LogP contribution in [-0.2, 0) is 51.0 Å². The van der Waals surface area contributed by atoms with Crippen molar-refractivity contribution in [2.75, 3.05) is 25.6 Å². The van der Waals surface area contributed by atoms with Crippen LogP contribution in [0.25, 0.3) is 0 Å². The highest BCUT2D eigenvalue weighted by atomic mass is 16.6. The summed E-state index contributed by atoms with van der Waals surface area (Å²) in [6.07, 6.45) is 4.28. The molecule has 4 amide bonds. The molecule has 0 radical (unpaired) electrons. The standard InChI is InChI=1S/C39H55N5O9/c1-7-52-32(45)24-40-35(47)30(22-26-14-10-8-11-15-26)43-36(48)33(28-16-12-9-13-17-28)42-29-20-18-27(19-21-29)23-31(37(49)51-6)44-34(46)25(2)41-38(50)53-39(3,4)5/h8,10-11,14-15,18-21,25,28,30-31,33,42H,7,9,12-13,16-17,22-24H2,1-6H3,(H,40,47)(H,41,50)(H,43,48)(H,44,46)/t25-,30-,31-,33?/m0/s1. The van der Waals surface area contributed by atoms with Crippen molar-refractivity contribution in [3.8, 4) is 0 Å². The molecule has 0 bridgehead atoms. The van der Waals surface area contributed by atoms with Crippen LogP contribution in [0.1, 0.15) is 77.8 Å². The Hall–Kier alpha value is -5.14. The summed E-state index contributed by atoms with van der Waals surface area (Å²) in [5.74, 6) is -2.64. The van der Waals surface area contributed by atoms with Crippen molar-refractivity contribution in [2.45, 2.75) is 109 Å². The quantitative estimate of drug-likeness (QED) is 0.119. The van der Waals surface area contributed by atoms with E-state index in [0.717, 1.165) is 37.7 Å². The molecule has 0 spiro atoms. The van der Waals surface area contributed by atoms with Gasteiger partial charge in [-0.05, 0) is 76.6 Å². The number of amides is 4. The highest BCUT2D eigenvalue weighted by Crippen LogP contribution is 2.29. The van der Waals surface area contributed by atoms with Crippen molar-refractivity contribution in [1.29, 1.82) is 0 Å². The first kappa shape index (κ1) is 42.3. The summed E-state index contributed by atoms with van der Waals surface area (Å²) in [6.45, 7) is 8.15. The maximum atomic E-state index is 14.0. The molecule has 14 nitrogen and oxygen atoms in total. The number of anilines is 1. The van der Waals surface area contributed by atoms with Gasteiger partial charge in [-0.1, -0.05) is 61.7 Å². The molecule has 0 heterocycles. The number of alkyl carbamates (subject to hydrolysis) is 1. The van der Waals surface area contributed by atoms with Crippen LogP contribution < -0.4 is 26.6 Å². The molecule has 1 unspecified atom stereocenters. The van der Waals surface area contributed by atoms with Crippen molar-refractivity contribution in [1.82, 2.24) is 21.3 Å². The minimum atomic E-state index is -1.04. The average molecular weight is 738 g/mol. The van der Waals surface area contributed by atoms with Crippen LogP contribution in [0, 0.1) is 5.92 Å². The SMILES string of the molecule is CCOC(=O)CNC(=O)[C@H](Cc1ccccc1)NC(=O)C(Nc1ccc(C[C@H](NC(=O)[C@H](C)NC(=O)OC(C)(C)C)C(=O)OC)cc1)C1CCCCC1. The molecule has 1 aliphatic carbocycles. The topological polar surface area (TPSA) is 190 Å². The zero-order valence-corrected chi connectivity index (χ0v) is 31.6. The molecule has 4 atom stereocenters. The smallest absolute Gasteiger partial charge is 0.408 e. The van der Waals surface area contributed by atoms with Gasteiger partial charge in [-0.15, -0.1) is 0 Å². The third kappa shape index (κ3) is 14.8. The highest BCUT2D eigenvalue weighted by molar-refractivity contribution is 5.93. The van der Waals surface area contributed by atoms with Crippen LogP contribution in [0.15, 0.2) is 54.6 Å². The molecule has 0 aliphatic heterocycles. The molecular formula is C39H55N5O9. The molecule has 2 aromatic carbocycles. The van der Waals surface area contributed by atoms with Gasteiger partial charge in [-0.2, -0.15) is 0 Å². The minimum absolute atomic E-state index is 0.0126. The van der Waals surface area contributed by atoms with E-state index in [-0.39, 0.29) is 37.8 Å². The lowest BCUT2D eigenvalue weighted by molar-refractivity contribution is -0.145. The maximum Gasteiger partial charge on any atom is 0.408 e. The van der Waals surface area contributed by atoms with E-state index in [2.05, 4.69) is 26.6 Å². The van der Waals surface area contributed by atoms with E-state index in [0.29, 0.717) is 11.3 Å². The van der Waals surface area contributed by atoms with E-state index < -0.39 is 59.6 Å². The zero-order chi connectivity index (χ0) is 39.0. The predicted octanol–water partition coefficient (Wildman–Crippen LogP) is 3.57. The number of esters is 2. The average Bonchev–Trinajstić information content (AvgIpc) is 3.12. The highest BCUT2D eigenvalue weighted by Gasteiger charge is 2.33. The largest absolute Gasteiger partial charge is 0.467 e. The van der Waals surface area contributed by atoms with Gasteiger partial charge in [0.05, 0.1) is 13.7 Å². The van der Waals surface area contributed by atoms with Crippen molar-refractivity contribution >= 4 is 41.4 Å². The van der Waals surface area contributed by atoms with Gasteiger partial charge < -0.3 is 40.8 Å². The lowest BCUT2D eigenvalue weighted by Crippen LogP contribution is -2.54. The molecule has 1 fully saturated rings. The zero-order valence-electron chi connectivity index (χ0n) is 31.6. The third-order valence-electron chi connectivity index (χ3n) is 8.68. The van der Waals surface area contributed by atoms with E-state index in [9.17, 15) is 28.8 Å². The number of rotatable bonds is 17. The Morgan fingerprint density at radius 3 is 1.98 bits per heavy atom. The summed E-state index contributed by atoms with van der Waals surface area (Å²) in [4.78, 5) is 77.0. The van der Waals surface area contributed by atoms with Crippen LogP contribution in [0.4, 0.5) is 10.5 Å². The van der Waals surface area contributed by atoms with Gasteiger partial charge >= 0.3 is 18.0 Å². The summed E-state index contributed by atoms with van der Waals surface area (Å²) in [7, 11) is 1.22. The first-order valence-electron chi connectivity index (χ1n) is 18.2. The lowest BCUT2D eigenvalue weighted by atomic mass is 9.83. The maximum absolute atomic E-state index is 14.0. The van der Waals surface area contributed by atoms with Crippen LogP contribution in [0.5, 0.6) is 0 Å². The number of carbonyl (C=O) groups is 6. The molecule has 14 heteroatoms. The minimum Gasteiger partial charge on any atom is -0.467 e. The first-order chi connectivity index (χ1) is 25.2. The number of hydrogen-bond donors (Lipinski definition) is 5. The fourth-order valence-electron chi connectivity index (χ4n) is 6.01. The second-order valence-corrected chi connectivity index (χ2v) is 14.1. The van der Waals surface area contributed by atoms with Gasteiger partial charge in [-0.25, -0.2) is 9.59 Å². The van der Waals surface area contributed by atoms with Gasteiger partial charge in [0, 0.05) is 18.5 Å². The Kier molecular flexibility index (Phi) is 16.6. The fourth-order valence-corrected chi connectivity index (χ4v) is 6.01. The Balaban J connectivity index is 1.74. The monoisotopic (exact) mass is 737 g/mol.